The van der Waals surface area contributed by atoms with Gasteiger partial charge < -0.3 is 14.7 Å². The molecular weight excluding hydrogens is 202 g/mol. The third-order valence-electron chi connectivity index (χ3n) is 2.75. The van der Waals surface area contributed by atoms with Crippen molar-refractivity contribution in [2.75, 3.05) is 24.6 Å². The molecule has 3 nitrogen and oxygen atoms in total. The van der Waals surface area contributed by atoms with Crippen LogP contribution in [0, 0.1) is 0 Å². The van der Waals surface area contributed by atoms with Crippen molar-refractivity contribution < 1.29 is 9.84 Å². The number of aliphatic hydroxyl groups is 1. The van der Waals surface area contributed by atoms with Gasteiger partial charge in [0.1, 0.15) is 11.4 Å². The Morgan fingerprint density at radius 1 is 1.38 bits per heavy atom. The second-order valence-corrected chi connectivity index (χ2v) is 4.83. The number of rotatable bonds is 3. The monoisotopic (exact) mass is 221 g/mol. The normalized spacial score (nSPS) is 17.8. The van der Waals surface area contributed by atoms with Crippen molar-refractivity contribution in [1.29, 1.82) is 0 Å². The van der Waals surface area contributed by atoms with Crippen LogP contribution in [-0.4, -0.2) is 30.4 Å². The minimum Gasteiger partial charge on any atom is -0.484 e. The zero-order valence-corrected chi connectivity index (χ0v) is 9.94. The van der Waals surface area contributed by atoms with Gasteiger partial charge in [0.05, 0.1) is 12.2 Å². The molecule has 0 amide bonds. The number of benzene rings is 1. The van der Waals surface area contributed by atoms with Crippen molar-refractivity contribution in [3.8, 4) is 5.75 Å². The Labute approximate surface area is 96.6 Å². The molecule has 1 aromatic carbocycles. The maximum Gasteiger partial charge on any atom is 0.143 e. The summed E-state index contributed by atoms with van der Waals surface area (Å²) in [6.07, 6.45) is 0.796. The van der Waals surface area contributed by atoms with Gasteiger partial charge in [-0.05, 0) is 32.4 Å². The third kappa shape index (κ3) is 2.30. The van der Waals surface area contributed by atoms with E-state index in [0.717, 1.165) is 30.9 Å². The van der Waals surface area contributed by atoms with Crippen LogP contribution in [-0.2, 0) is 0 Å². The zero-order chi connectivity index (χ0) is 11.6. The lowest BCUT2D eigenvalue weighted by Crippen LogP contribution is -2.47. The van der Waals surface area contributed by atoms with Crippen LogP contribution < -0.4 is 9.64 Å². The van der Waals surface area contributed by atoms with Crippen LogP contribution in [0.25, 0.3) is 0 Å². The fourth-order valence-electron chi connectivity index (χ4n) is 2.14. The first-order chi connectivity index (χ1) is 7.62. The van der Waals surface area contributed by atoms with Crippen LogP contribution in [0.4, 0.5) is 5.69 Å². The Morgan fingerprint density at radius 2 is 2.12 bits per heavy atom. The van der Waals surface area contributed by atoms with Gasteiger partial charge in [0.15, 0.2) is 0 Å². The molecular formula is C13H19NO2. The highest BCUT2D eigenvalue weighted by Gasteiger charge is 2.30. The van der Waals surface area contributed by atoms with E-state index in [9.17, 15) is 0 Å². The highest BCUT2D eigenvalue weighted by atomic mass is 16.5. The standard InChI is InChI=1S/C13H19NO2/c1-13(2)10-14(8-5-9-15)11-6-3-4-7-12(11)16-13/h3-4,6-7,15H,5,8-10H2,1-2H3. The molecule has 0 saturated carbocycles. The molecule has 88 valence electrons. The van der Waals surface area contributed by atoms with Crippen LogP contribution in [0.3, 0.4) is 0 Å². The number of nitrogens with zero attached hydrogens (tertiary/aromatic N) is 1. The first-order valence-electron chi connectivity index (χ1n) is 5.76. The van der Waals surface area contributed by atoms with Gasteiger partial charge in [-0.25, -0.2) is 0 Å². The van der Waals surface area contributed by atoms with Gasteiger partial charge in [-0.2, -0.15) is 0 Å². The van der Waals surface area contributed by atoms with Gasteiger partial charge in [-0.15, -0.1) is 0 Å². The van der Waals surface area contributed by atoms with Gasteiger partial charge in [-0.1, -0.05) is 12.1 Å². The molecule has 0 unspecified atom stereocenters. The summed E-state index contributed by atoms with van der Waals surface area (Å²) < 4.78 is 5.93. The SMILES string of the molecule is CC1(C)CN(CCCO)c2ccccc2O1. The number of ether oxygens (including phenoxy) is 1. The maximum absolute atomic E-state index is 8.92. The molecule has 0 fully saturated rings. The van der Waals surface area contributed by atoms with Crippen LogP contribution in [0.2, 0.25) is 0 Å². The average molecular weight is 221 g/mol. The second kappa shape index (κ2) is 4.34. The van der Waals surface area contributed by atoms with Crippen molar-refractivity contribution >= 4 is 5.69 Å². The molecule has 0 saturated heterocycles. The van der Waals surface area contributed by atoms with E-state index >= 15 is 0 Å². The zero-order valence-electron chi connectivity index (χ0n) is 9.94. The molecule has 16 heavy (non-hydrogen) atoms. The highest BCUT2D eigenvalue weighted by Crippen LogP contribution is 2.36. The Hall–Kier alpha value is -1.22. The summed E-state index contributed by atoms with van der Waals surface area (Å²) in [5, 5.41) is 8.92. The highest BCUT2D eigenvalue weighted by molar-refractivity contribution is 5.60. The largest absolute Gasteiger partial charge is 0.484 e. The quantitative estimate of drug-likeness (QED) is 0.848. The molecule has 1 heterocycles. The molecule has 0 spiro atoms. The van der Waals surface area contributed by atoms with Crippen molar-refractivity contribution in [3.05, 3.63) is 24.3 Å². The van der Waals surface area contributed by atoms with E-state index in [1.165, 1.54) is 0 Å². The molecule has 1 N–H and O–H groups in total. The van der Waals surface area contributed by atoms with Crippen molar-refractivity contribution in [2.45, 2.75) is 25.9 Å². The number of hydrogen-bond donors (Lipinski definition) is 1. The van der Waals surface area contributed by atoms with E-state index in [2.05, 4.69) is 24.8 Å². The molecule has 3 heteroatoms. The summed E-state index contributed by atoms with van der Waals surface area (Å²) in [6.45, 7) is 6.16. The first kappa shape index (κ1) is 11.3. The molecule has 0 bridgehead atoms. The Morgan fingerprint density at radius 3 is 2.88 bits per heavy atom. The smallest absolute Gasteiger partial charge is 0.143 e. The number of fused-ring (bicyclic) bond motifs is 1. The lowest BCUT2D eigenvalue weighted by atomic mass is 10.0. The summed E-state index contributed by atoms with van der Waals surface area (Å²) in [7, 11) is 0. The van der Waals surface area contributed by atoms with E-state index in [1.807, 2.05) is 18.2 Å². The van der Waals surface area contributed by atoms with Crippen molar-refractivity contribution in [1.82, 2.24) is 0 Å². The van der Waals surface area contributed by atoms with Crippen LogP contribution in [0.5, 0.6) is 5.75 Å². The molecule has 0 aromatic heterocycles. The minimum atomic E-state index is -0.163. The summed E-state index contributed by atoms with van der Waals surface area (Å²) in [6, 6.07) is 8.08. The predicted molar refractivity (Wildman–Crippen MR) is 65.1 cm³/mol. The van der Waals surface area contributed by atoms with Gasteiger partial charge in [0, 0.05) is 13.2 Å². The van der Waals surface area contributed by atoms with E-state index < -0.39 is 0 Å². The molecule has 1 aromatic rings. The van der Waals surface area contributed by atoms with Gasteiger partial charge in [0.25, 0.3) is 0 Å². The van der Waals surface area contributed by atoms with Crippen LogP contribution >= 0.6 is 0 Å². The Balaban J connectivity index is 2.25. The topological polar surface area (TPSA) is 32.7 Å². The summed E-state index contributed by atoms with van der Waals surface area (Å²) in [4.78, 5) is 2.29. The molecule has 0 radical (unpaired) electrons. The summed E-state index contributed by atoms with van der Waals surface area (Å²) >= 11 is 0. The van der Waals surface area contributed by atoms with Crippen LogP contribution in [0.1, 0.15) is 20.3 Å². The summed E-state index contributed by atoms with van der Waals surface area (Å²) in [5.74, 6) is 0.941. The fourth-order valence-corrected chi connectivity index (χ4v) is 2.14. The summed E-state index contributed by atoms with van der Waals surface area (Å²) in [5.41, 5.74) is 0.972. The minimum absolute atomic E-state index is 0.163. The molecule has 2 rings (SSSR count). The van der Waals surface area contributed by atoms with Crippen LogP contribution in [0.15, 0.2) is 24.3 Å². The van der Waals surface area contributed by atoms with E-state index in [1.54, 1.807) is 0 Å². The molecule has 1 aliphatic rings. The Bertz CT molecular complexity index is 363. The molecule has 0 atom stereocenters. The lowest BCUT2D eigenvalue weighted by molar-refractivity contribution is 0.104. The first-order valence-corrected chi connectivity index (χ1v) is 5.76. The average Bonchev–Trinajstić information content (AvgIpc) is 2.24. The number of hydrogen-bond acceptors (Lipinski definition) is 3. The van der Waals surface area contributed by atoms with Gasteiger partial charge in [-0.3, -0.25) is 0 Å². The lowest BCUT2D eigenvalue weighted by Gasteiger charge is -2.40. The molecule has 1 aliphatic heterocycles. The van der Waals surface area contributed by atoms with Gasteiger partial charge >= 0.3 is 0 Å². The third-order valence-corrected chi connectivity index (χ3v) is 2.75. The van der Waals surface area contributed by atoms with Gasteiger partial charge in [0.2, 0.25) is 0 Å². The van der Waals surface area contributed by atoms with Crippen molar-refractivity contribution in [2.24, 2.45) is 0 Å². The predicted octanol–water partition coefficient (Wildman–Crippen LogP) is 2.05. The van der Waals surface area contributed by atoms with Crippen molar-refractivity contribution in [3.63, 3.8) is 0 Å². The van der Waals surface area contributed by atoms with E-state index in [0.29, 0.717) is 0 Å². The van der Waals surface area contributed by atoms with E-state index in [4.69, 9.17) is 9.84 Å². The number of anilines is 1. The van der Waals surface area contributed by atoms with E-state index in [-0.39, 0.29) is 12.2 Å². The second-order valence-electron chi connectivity index (χ2n) is 4.83. The maximum atomic E-state index is 8.92. The fraction of sp³-hybridized carbons (Fsp3) is 0.538. The molecule has 0 aliphatic carbocycles. The number of aliphatic hydroxyl groups excluding tert-OH is 1. The Kier molecular flexibility index (Phi) is 3.06. The number of para-hydroxylation sites is 2.